The lowest BCUT2D eigenvalue weighted by Gasteiger charge is -2.38. The van der Waals surface area contributed by atoms with E-state index in [0.717, 1.165) is 31.6 Å². The van der Waals surface area contributed by atoms with Gasteiger partial charge in [-0.15, -0.1) is 0 Å². The molecular weight excluding hydrogens is 288 g/mol. The summed E-state index contributed by atoms with van der Waals surface area (Å²) in [5.74, 6) is 1.10. The minimum absolute atomic E-state index is 0.0163. The van der Waals surface area contributed by atoms with Crippen molar-refractivity contribution in [1.29, 1.82) is 0 Å². The van der Waals surface area contributed by atoms with Gasteiger partial charge in [0.05, 0.1) is 5.54 Å². The molecule has 0 saturated carbocycles. The van der Waals surface area contributed by atoms with E-state index < -0.39 is 0 Å². The number of fused-ring (bicyclic) bond motifs is 1. The summed E-state index contributed by atoms with van der Waals surface area (Å²) < 4.78 is 6.16. The van der Waals surface area contributed by atoms with E-state index in [2.05, 4.69) is 37.2 Å². The van der Waals surface area contributed by atoms with E-state index in [1.54, 1.807) is 0 Å². The zero-order chi connectivity index (χ0) is 16.4. The molecule has 2 atom stereocenters. The van der Waals surface area contributed by atoms with Gasteiger partial charge in [0.1, 0.15) is 11.9 Å². The summed E-state index contributed by atoms with van der Waals surface area (Å²) in [5, 5.41) is 3.21. The monoisotopic (exact) mass is 316 g/mol. The van der Waals surface area contributed by atoms with Crippen LogP contribution in [0.15, 0.2) is 24.3 Å². The zero-order valence-electron chi connectivity index (χ0n) is 14.5. The normalized spacial score (nSPS) is 24.8. The highest BCUT2D eigenvalue weighted by Gasteiger charge is 2.36. The molecule has 1 saturated heterocycles. The predicted molar refractivity (Wildman–Crippen MR) is 91.7 cm³/mol. The highest BCUT2D eigenvalue weighted by molar-refractivity contribution is 5.77. The molecule has 1 N–H and O–H groups in total. The molecule has 0 spiro atoms. The lowest BCUT2D eigenvalue weighted by molar-refractivity contribution is -0.125. The maximum atomic E-state index is 12.5. The number of rotatable bonds is 4. The number of aryl methyl sites for hydroxylation is 1. The molecule has 2 heterocycles. The van der Waals surface area contributed by atoms with E-state index in [-0.39, 0.29) is 17.6 Å². The number of carbonyl (C=O) groups excluding carboxylic acids is 1. The molecule has 4 heteroatoms. The highest BCUT2D eigenvalue weighted by atomic mass is 16.5. The van der Waals surface area contributed by atoms with Crippen LogP contribution in [0.25, 0.3) is 0 Å². The maximum Gasteiger partial charge on any atom is 0.222 e. The van der Waals surface area contributed by atoms with Gasteiger partial charge in [-0.2, -0.15) is 0 Å². The first-order valence-electron chi connectivity index (χ1n) is 8.71. The van der Waals surface area contributed by atoms with Crippen LogP contribution in [-0.4, -0.2) is 42.1 Å². The van der Waals surface area contributed by atoms with E-state index in [9.17, 15) is 4.79 Å². The minimum Gasteiger partial charge on any atom is -0.488 e. The zero-order valence-corrected chi connectivity index (χ0v) is 14.5. The summed E-state index contributed by atoms with van der Waals surface area (Å²) in [6.07, 6.45) is 4.86. The Morgan fingerprint density at radius 2 is 2.13 bits per heavy atom. The Labute approximate surface area is 139 Å². The Balaban J connectivity index is 1.59. The van der Waals surface area contributed by atoms with Crippen molar-refractivity contribution in [1.82, 2.24) is 10.2 Å². The molecule has 4 nitrogen and oxygen atoms in total. The molecule has 3 rings (SSSR count). The van der Waals surface area contributed by atoms with Crippen LogP contribution < -0.4 is 10.1 Å². The van der Waals surface area contributed by atoms with Crippen molar-refractivity contribution in [2.75, 3.05) is 13.6 Å². The van der Waals surface area contributed by atoms with Crippen LogP contribution in [0.1, 0.15) is 45.1 Å². The lowest BCUT2D eigenvalue weighted by Crippen LogP contribution is -2.55. The molecule has 0 radical (unpaired) electrons. The first-order chi connectivity index (χ1) is 11.0. The van der Waals surface area contributed by atoms with Crippen molar-refractivity contribution in [3.63, 3.8) is 0 Å². The van der Waals surface area contributed by atoms with Crippen LogP contribution in [0.3, 0.4) is 0 Å². The summed E-state index contributed by atoms with van der Waals surface area (Å²) in [6.45, 7) is 5.24. The van der Waals surface area contributed by atoms with Gasteiger partial charge >= 0.3 is 0 Å². The molecule has 126 valence electrons. The average molecular weight is 316 g/mol. The number of ether oxygens (including phenoxy) is 1. The van der Waals surface area contributed by atoms with E-state index in [4.69, 9.17) is 4.74 Å². The summed E-state index contributed by atoms with van der Waals surface area (Å²) in [6, 6.07) is 8.58. The lowest BCUT2D eigenvalue weighted by atomic mass is 9.89. The number of hydrogen-bond acceptors (Lipinski definition) is 3. The third-order valence-corrected chi connectivity index (χ3v) is 5.28. The third kappa shape index (κ3) is 3.69. The average Bonchev–Trinajstić information content (AvgIpc) is 2.91. The Morgan fingerprint density at radius 3 is 2.87 bits per heavy atom. The minimum atomic E-state index is -0.359. The van der Waals surface area contributed by atoms with Crippen molar-refractivity contribution >= 4 is 5.91 Å². The van der Waals surface area contributed by atoms with Crippen LogP contribution in [0.4, 0.5) is 0 Å². The van der Waals surface area contributed by atoms with E-state index >= 15 is 0 Å². The number of carbonyl (C=O) groups is 1. The van der Waals surface area contributed by atoms with Gasteiger partial charge in [-0.3, -0.25) is 4.79 Å². The highest BCUT2D eigenvalue weighted by Crippen LogP contribution is 2.31. The van der Waals surface area contributed by atoms with E-state index in [1.807, 2.05) is 18.2 Å². The standard InChI is InChI=1S/C19H28N2O2/c1-19(2,20-18(22)13-15-8-6-12-21(15)3)17-11-10-14-7-4-5-9-16(14)23-17/h4-5,7,9,15,17H,6,8,10-13H2,1-3H3,(H,20,22)/t15-,17+/m1/s1. The number of likely N-dealkylation sites (tertiary alicyclic amines) is 1. The Kier molecular flexibility index (Phi) is 4.62. The molecule has 1 amide bonds. The SMILES string of the molecule is CN1CCC[C@@H]1CC(=O)NC(C)(C)[C@@H]1CCc2ccccc2O1. The second-order valence-corrected chi connectivity index (χ2v) is 7.50. The van der Waals surface area contributed by atoms with Gasteiger partial charge in [0.15, 0.2) is 0 Å². The van der Waals surface area contributed by atoms with Crippen molar-refractivity contribution in [3.8, 4) is 5.75 Å². The molecule has 23 heavy (non-hydrogen) atoms. The number of hydrogen-bond donors (Lipinski definition) is 1. The number of para-hydroxylation sites is 1. The smallest absolute Gasteiger partial charge is 0.222 e. The van der Waals surface area contributed by atoms with Crippen LogP contribution in [0.2, 0.25) is 0 Å². The van der Waals surface area contributed by atoms with Gasteiger partial charge in [0, 0.05) is 12.5 Å². The fourth-order valence-corrected chi connectivity index (χ4v) is 3.77. The van der Waals surface area contributed by atoms with Crippen molar-refractivity contribution in [3.05, 3.63) is 29.8 Å². The van der Waals surface area contributed by atoms with Gasteiger partial charge in [-0.05, 0) is 64.8 Å². The second kappa shape index (κ2) is 6.52. The number of amides is 1. The second-order valence-electron chi connectivity index (χ2n) is 7.50. The predicted octanol–water partition coefficient (Wildman–Crippen LogP) is 2.76. The van der Waals surface area contributed by atoms with E-state index in [0.29, 0.717) is 12.5 Å². The van der Waals surface area contributed by atoms with Crippen molar-refractivity contribution in [2.45, 2.75) is 63.6 Å². The van der Waals surface area contributed by atoms with Gasteiger partial charge in [-0.1, -0.05) is 18.2 Å². The molecule has 2 aliphatic rings. The molecule has 0 unspecified atom stereocenters. The molecule has 0 aromatic heterocycles. The number of benzene rings is 1. The van der Waals surface area contributed by atoms with Gasteiger partial charge in [0.2, 0.25) is 5.91 Å². The van der Waals surface area contributed by atoms with Crippen LogP contribution in [0.5, 0.6) is 5.75 Å². The summed E-state index contributed by atoms with van der Waals surface area (Å²) >= 11 is 0. The van der Waals surface area contributed by atoms with Crippen LogP contribution in [-0.2, 0) is 11.2 Å². The van der Waals surface area contributed by atoms with E-state index in [1.165, 1.54) is 12.0 Å². The van der Waals surface area contributed by atoms with Crippen LogP contribution >= 0.6 is 0 Å². The fourth-order valence-electron chi connectivity index (χ4n) is 3.77. The number of nitrogens with one attached hydrogen (secondary N) is 1. The molecule has 1 aromatic carbocycles. The largest absolute Gasteiger partial charge is 0.488 e. The first kappa shape index (κ1) is 16.3. The maximum absolute atomic E-state index is 12.5. The third-order valence-electron chi connectivity index (χ3n) is 5.28. The molecule has 0 aliphatic carbocycles. The summed E-state index contributed by atoms with van der Waals surface area (Å²) in [4.78, 5) is 14.7. The molecule has 1 fully saturated rings. The Morgan fingerprint density at radius 1 is 1.35 bits per heavy atom. The van der Waals surface area contributed by atoms with Gasteiger partial charge in [0.25, 0.3) is 0 Å². The molecule has 1 aromatic rings. The summed E-state index contributed by atoms with van der Waals surface area (Å²) in [7, 11) is 2.11. The quantitative estimate of drug-likeness (QED) is 0.929. The molecule has 2 aliphatic heterocycles. The summed E-state index contributed by atoms with van der Waals surface area (Å²) in [5.41, 5.74) is 0.903. The fraction of sp³-hybridized carbons (Fsp3) is 0.632. The van der Waals surface area contributed by atoms with Crippen molar-refractivity contribution in [2.24, 2.45) is 0 Å². The Hall–Kier alpha value is -1.55. The molecular formula is C19H28N2O2. The van der Waals surface area contributed by atoms with Crippen LogP contribution in [0, 0.1) is 0 Å². The Bertz CT molecular complexity index is 570. The molecule has 0 bridgehead atoms. The number of nitrogens with zero attached hydrogens (tertiary/aromatic N) is 1. The van der Waals surface area contributed by atoms with Gasteiger partial charge < -0.3 is 15.0 Å². The van der Waals surface area contributed by atoms with Crippen molar-refractivity contribution < 1.29 is 9.53 Å². The topological polar surface area (TPSA) is 41.6 Å². The first-order valence-corrected chi connectivity index (χ1v) is 8.71. The van der Waals surface area contributed by atoms with Gasteiger partial charge in [-0.25, -0.2) is 0 Å².